The maximum atomic E-state index is 11.0. The molecule has 4 heteroatoms. The van der Waals surface area contributed by atoms with Gasteiger partial charge in [0.05, 0.1) is 0 Å². The number of nitrogens with zero attached hydrogens (tertiary/aromatic N) is 1. The van der Waals surface area contributed by atoms with Gasteiger partial charge < -0.3 is 10.6 Å². The van der Waals surface area contributed by atoms with Crippen LogP contribution in [-0.2, 0) is 9.59 Å². The molecule has 0 fully saturated rings. The fourth-order valence-corrected chi connectivity index (χ4v) is 0.545. The zero-order valence-electron chi connectivity index (χ0n) is 7.13. The largest absolute Gasteiger partial charge is 0.369 e. The van der Waals surface area contributed by atoms with Crippen molar-refractivity contribution >= 4 is 11.8 Å². The highest BCUT2D eigenvalue weighted by molar-refractivity contribution is 5.84. The van der Waals surface area contributed by atoms with Crippen molar-refractivity contribution in [2.24, 2.45) is 11.7 Å². The second kappa shape index (κ2) is 3.95. The molecule has 2 amide bonds. The first-order chi connectivity index (χ1) is 4.95. The van der Waals surface area contributed by atoms with Crippen molar-refractivity contribution in [1.29, 1.82) is 0 Å². The number of hydrogen-bond donors (Lipinski definition) is 1. The fraction of sp³-hybridized carbons (Fsp3) is 0.714. The molecule has 0 bridgehead atoms. The molecule has 1 atom stereocenters. The normalized spacial score (nSPS) is 12.3. The molecule has 0 saturated heterocycles. The summed E-state index contributed by atoms with van der Waals surface area (Å²) in [5.74, 6) is -0.874. The molecule has 0 aromatic heterocycles. The predicted molar refractivity (Wildman–Crippen MR) is 41.7 cm³/mol. The third-order valence-electron chi connectivity index (χ3n) is 1.47. The molecule has 0 aromatic rings. The number of primary amides is 1. The van der Waals surface area contributed by atoms with Crippen LogP contribution in [0.1, 0.15) is 13.3 Å². The van der Waals surface area contributed by atoms with Crippen LogP contribution < -0.4 is 5.73 Å². The molecular weight excluding hydrogens is 144 g/mol. The molecule has 0 saturated carbocycles. The zero-order chi connectivity index (χ0) is 9.02. The van der Waals surface area contributed by atoms with Crippen LogP contribution in [-0.4, -0.2) is 30.8 Å². The van der Waals surface area contributed by atoms with E-state index in [9.17, 15) is 9.59 Å². The van der Waals surface area contributed by atoms with Gasteiger partial charge in [-0.15, -0.1) is 0 Å². The lowest BCUT2D eigenvalue weighted by Gasteiger charge is -2.12. The Morgan fingerprint density at radius 3 is 2.18 bits per heavy atom. The Morgan fingerprint density at radius 1 is 1.45 bits per heavy atom. The van der Waals surface area contributed by atoms with E-state index in [4.69, 9.17) is 5.73 Å². The molecule has 0 radical (unpaired) electrons. The average Bonchev–Trinajstić information content (AvgIpc) is 1.87. The lowest BCUT2D eigenvalue weighted by atomic mass is 10.1. The van der Waals surface area contributed by atoms with Crippen LogP contribution in [0.15, 0.2) is 0 Å². The lowest BCUT2D eigenvalue weighted by molar-refractivity contribution is -0.133. The number of hydrogen-bond acceptors (Lipinski definition) is 2. The van der Waals surface area contributed by atoms with Crippen LogP contribution in [0, 0.1) is 5.92 Å². The maximum absolute atomic E-state index is 11.0. The van der Waals surface area contributed by atoms with E-state index in [1.165, 1.54) is 4.90 Å². The average molecular weight is 158 g/mol. The van der Waals surface area contributed by atoms with Crippen molar-refractivity contribution in [3.63, 3.8) is 0 Å². The zero-order valence-corrected chi connectivity index (χ0v) is 7.13. The number of nitrogens with two attached hydrogens (primary N) is 1. The molecule has 4 nitrogen and oxygen atoms in total. The van der Waals surface area contributed by atoms with Gasteiger partial charge in [0.2, 0.25) is 11.8 Å². The number of carbonyl (C=O) groups is 2. The molecule has 2 N–H and O–H groups in total. The first kappa shape index (κ1) is 9.94. The standard InChI is InChI=1S/C7H14N2O2/c1-5(7(8)11)4-6(10)9(2)3/h5H,4H2,1-3H3,(H2,8,11)/t5-/m0/s1. The summed E-state index contributed by atoms with van der Waals surface area (Å²) in [5.41, 5.74) is 4.97. The Morgan fingerprint density at radius 2 is 1.91 bits per heavy atom. The van der Waals surface area contributed by atoms with Gasteiger partial charge in [0.1, 0.15) is 0 Å². The third-order valence-corrected chi connectivity index (χ3v) is 1.47. The summed E-state index contributed by atoms with van der Waals surface area (Å²) in [4.78, 5) is 22.9. The van der Waals surface area contributed by atoms with E-state index in [-0.39, 0.29) is 18.2 Å². The third kappa shape index (κ3) is 3.60. The van der Waals surface area contributed by atoms with E-state index in [1.54, 1.807) is 21.0 Å². The minimum Gasteiger partial charge on any atom is -0.369 e. The van der Waals surface area contributed by atoms with Crippen LogP contribution in [0.2, 0.25) is 0 Å². The molecule has 0 unspecified atom stereocenters. The molecule has 0 aliphatic rings. The van der Waals surface area contributed by atoms with Gasteiger partial charge in [-0.1, -0.05) is 6.92 Å². The summed E-state index contributed by atoms with van der Waals surface area (Å²) in [6.07, 6.45) is 0.197. The Kier molecular flexibility index (Phi) is 3.57. The van der Waals surface area contributed by atoms with Crippen molar-refractivity contribution in [3.05, 3.63) is 0 Å². The molecule has 0 aliphatic heterocycles. The molecule has 11 heavy (non-hydrogen) atoms. The number of amides is 2. The van der Waals surface area contributed by atoms with E-state index in [1.807, 2.05) is 0 Å². The summed E-state index contributed by atoms with van der Waals surface area (Å²) in [6, 6.07) is 0. The first-order valence-corrected chi connectivity index (χ1v) is 3.44. The summed E-state index contributed by atoms with van der Waals surface area (Å²) in [7, 11) is 3.30. The monoisotopic (exact) mass is 158 g/mol. The van der Waals surface area contributed by atoms with Gasteiger partial charge in [0.25, 0.3) is 0 Å². The second-order valence-corrected chi connectivity index (χ2v) is 2.80. The van der Waals surface area contributed by atoms with E-state index in [0.29, 0.717) is 0 Å². The minimum atomic E-state index is -0.430. The fourth-order valence-electron chi connectivity index (χ4n) is 0.545. The predicted octanol–water partition coefficient (Wildman–Crippen LogP) is -0.414. The van der Waals surface area contributed by atoms with Gasteiger partial charge >= 0.3 is 0 Å². The van der Waals surface area contributed by atoms with Crippen molar-refractivity contribution < 1.29 is 9.59 Å². The summed E-state index contributed by atoms with van der Waals surface area (Å²) >= 11 is 0. The molecule has 64 valence electrons. The van der Waals surface area contributed by atoms with Crippen LogP contribution >= 0.6 is 0 Å². The Balaban J connectivity index is 3.85. The van der Waals surface area contributed by atoms with Gasteiger partial charge in [-0.2, -0.15) is 0 Å². The van der Waals surface area contributed by atoms with E-state index >= 15 is 0 Å². The topological polar surface area (TPSA) is 63.4 Å². The van der Waals surface area contributed by atoms with Crippen molar-refractivity contribution in [2.45, 2.75) is 13.3 Å². The van der Waals surface area contributed by atoms with Gasteiger partial charge in [-0.25, -0.2) is 0 Å². The van der Waals surface area contributed by atoms with Crippen LogP contribution in [0.25, 0.3) is 0 Å². The molecule has 0 aliphatic carbocycles. The van der Waals surface area contributed by atoms with Gasteiger partial charge in [-0.3, -0.25) is 9.59 Å². The van der Waals surface area contributed by atoms with Crippen LogP contribution in [0.4, 0.5) is 0 Å². The van der Waals surface area contributed by atoms with E-state index < -0.39 is 5.91 Å². The Hall–Kier alpha value is -1.06. The smallest absolute Gasteiger partial charge is 0.222 e. The second-order valence-electron chi connectivity index (χ2n) is 2.80. The van der Waals surface area contributed by atoms with Crippen molar-refractivity contribution in [3.8, 4) is 0 Å². The molecule has 0 heterocycles. The Labute approximate surface area is 66.4 Å². The van der Waals surface area contributed by atoms with Crippen molar-refractivity contribution in [2.75, 3.05) is 14.1 Å². The van der Waals surface area contributed by atoms with E-state index in [2.05, 4.69) is 0 Å². The first-order valence-electron chi connectivity index (χ1n) is 3.44. The van der Waals surface area contributed by atoms with Gasteiger partial charge in [0, 0.05) is 26.4 Å². The molecule has 0 spiro atoms. The quantitative estimate of drug-likeness (QED) is 0.606. The van der Waals surface area contributed by atoms with Crippen molar-refractivity contribution in [1.82, 2.24) is 4.90 Å². The molecular formula is C7H14N2O2. The van der Waals surface area contributed by atoms with Crippen LogP contribution in [0.3, 0.4) is 0 Å². The van der Waals surface area contributed by atoms with E-state index in [0.717, 1.165) is 0 Å². The minimum absolute atomic E-state index is 0.0729. The van der Waals surface area contributed by atoms with Crippen LogP contribution in [0.5, 0.6) is 0 Å². The SMILES string of the molecule is C[C@@H](CC(=O)N(C)C)C(N)=O. The maximum Gasteiger partial charge on any atom is 0.222 e. The highest BCUT2D eigenvalue weighted by atomic mass is 16.2. The molecule has 0 rings (SSSR count). The van der Waals surface area contributed by atoms with Gasteiger partial charge in [-0.05, 0) is 0 Å². The summed E-state index contributed by atoms with van der Waals surface area (Å²) < 4.78 is 0. The highest BCUT2D eigenvalue weighted by Gasteiger charge is 2.14. The number of rotatable bonds is 3. The lowest BCUT2D eigenvalue weighted by Crippen LogP contribution is -2.29. The summed E-state index contributed by atoms with van der Waals surface area (Å²) in [6.45, 7) is 1.64. The molecule has 0 aromatic carbocycles. The Bertz CT molecular complexity index is 166. The summed E-state index contributed by atoms with van der Waals surface area (Å²) in [5, 5.41) is 0. The van der Waals surface area contributed by atoms with Gasteiger partial charge in [0.15, 0.2) is 0 Å². The number of carbonyl (C=O) groups excluding carboxylic acids is 2. The highest BCUT2D eigenvalue weighted by Crippen LogP contribution is 2.01.